The van der Waals surface area contributed by atoms with E-state index in [0.29, 0.717) is 13.0 Å². The fraction of sp³-hybridized carbons (Fsp3) is 0.800. The fourth-order valence-electron chi connectivity index (χ4n) is 1.28. The Morgan fingerprint density at radius 3 is 2.50 bits per heavy atom. The average Bonchev–Trinajstić information content (AvgIpc) is 2.10. The summed E-state index contributed by atoms with van der Waals surface area (Å²) in [7, 11) is 0. The van der Waals surface area contributed by atoms with Crippen LogP contribution in [-0.2, 0) is 4.79 Å². The summed E-state index contributed by atoms with van der Waals surface area (Å²) in [6.45, 7) is 4.40. The third kappa shape index (κ3) is 9.26. The molecule has 0 aromatic carbocycles. The zero-order chi connectivity index (χ0) is 12.6. The summed E-state index contributed by atoms with van der Waals surface area (Å²) in [6.07, 6.45) is 1.87. The Morgan fingerprint density at radius 2 is 2.00 bits per heavy atom. The summed E-state index contributed by atoms with van der Waals surface area (Å²) in [5.74, 6) is 0.0791. The monoisotopic (exact) mass is 229 g/mol. The lowest BCUT2D eigenvalue weighted by atomic mass is 10.1. The van der Waals surface area contributed by atoms with E-state index in [9.17, 15) is 4.79 Å². The van der Waals surface area contributed by atoms with Gasteiger partial charge in [0.05, 0.1) is 0 Å². The van der Waals surface area contributed by atoms with Gasteiger partial charge in [-0.15, -0.1) is 0 Å². The second kappa shape index (κ2) is 7.92. The SMILES string of the molecule is CC(C)NC(=O)C[C@@H](N)CCCN=C(N)N. The molecule has 7 N–H and O–H groups in total. The van der Waals surface area contributed by atoms with Crippen LogP contribution in [0.2, 0.25) is 0 Å². The molecule has 0 aliphatic heterocycles. The third-order valence-electron chi connectivity index (χ3n) is 1.92. The Kier molecular flexibility index (Phi) is 7.28. The quantitative estimate of drug-likeness (QED) is 0.262. The Balaban J connectivity index is 3.62. The van der Waals surface area contributed by atoms with Crippen molar-refractivity contribution < 1.29 is 4.79 Å². The lowest BCUT2D eigenvalue weighted by Crippen LogP contribution is -2.35. The number of amides is 1. The van der Waals surface area contributed by atoms with Gasteiger partial charge in [0.1, 0.15) is 0 Å². The fourth-order valence-corrected chi connectivity index (χ4v) is 1.28. The van der Waals surface area contributed by atoms with Crippen molar-refractivity contribution >= 4 is 11.9 Å². The van der Waals surface area contributed by atoms with Crippen LogP contribution in [0.5, 0.6) is 0 Å². The van der Waals surface area contributed by atoms with Crippen LogP contribution in [-0.4, -0.2) is 30.5 Å². The van der Waals surface area contributed by atoms with E-state index >= 15 is 0 Å². The van der Waals surface area contributed by atoms with Gasteiger partial charge in [-0.2, -0.15) is 0 Å². The standard InChI is InChI=1S/C10H23N5O/c1-7(2)15-9(16)6-8(11)4-3-5-14-10(12)13/h7-8H,3-6,11H2,1-2H3,(H,15,16)(H4,12,13,14)/t8-/m0/s1. The molecule has 0 saturated carbocycles. The second-order valence-corrected chi connectivity index (χ2v) is 4.14. The predicted molar refractivity (Wildman–Crippen MR) is 65.8 cm³/mol. The molecule has 0 aliphatic rings. The first-order valence-corrected chi connectivity index (χ1v) is 5.52. The molecule has 0 fully saturated rings. The molecule has 0 aromatic rings. The number of carbonyl (C=O) groups excluding carboxylic acids is 1. The molecule has 16 heavy (non-hydrogen) atoms. The van der Waals surface area contributed by atoms with Gasteiger partial charge >= 0.3 is 0 Å². The minimum Gasteiger partial charge on any atom is -0.370 e. The zero-order valence-electron chi connectivity index (χ0n) is 10.1. The van der Waals surface area contributed by atoms with Crippen molar-refractivity contribution in [2.24, 2.45) is 22.2 Å². The number of carbonyl (C=O) groups is 1. The molecule has 6 heteroatoms. The minimum atomic E-state index is -0.132. The van der Waals surface area contributed by atoms with Gasteiger partial charge in [0, 0.05) is 25.0 Å². The van der Waals surface area contributed by atoms with E-state index in [1.54, 1.807) is 0 Å². The maximum atomic E-state index is 11.3. The molecular formula is C10H23N5O. The molecule has 0 bridgehead atoms. The van der Waals surface area contributed by atoms with Crippen molar-refractivity contribution in [1.29, 1.82) is 0 Å². The van der Waals surface area contributed by atoms with E-state index < -0.39 is 0 Å². The van der Waals surface area contributed by atoms with Crippen molar-refractivity contribution in [2.75, 3.05) is 6.54 Å². The minimum absolute atomic E-state index is 0.00987. The number of hydrogen-bond acceptors (Lipinski definition) is 3. The third-order valence-corrected chi connectivity index (χ3v) is 1.92. The molecule has 0 spiro atoms. The highest BCUT2D eigenvalue weighted by atomic mass is 16.1. The van der Waals surface area contributed by atoms with Crippen LogP contribution >= 0.6 is 0 Å². The van der Waals surface area contributed by atoms with Crippen LogP contribution in [0, 0.1) is 0 Å². The maximum Gasteiger partial charge on any atom is 0.221 e. The molecular weight excluding hydrogens is 206 g/mol. The van der Waals surface area contributed by atoms with E-state index in [2.05, 4.69) is 10.3 Å². The van der Waals surface area contributed by atoms with E-state index in [1.807, 2.05) is 13.8 Å². The predicted octanol–water partition coefficient (Wildman–Crippen LogP) is -0.718. The molecule has 0 rings (SSSR count). The van der Waals surface area contributed by atoms with Gasteiger partial charge in [0.25, 0.3) is 0 Å². The zero-order valence-corrected chi connectivity index (χ0v) is 10.1. The number of nitrogens with two attached hydrogens (primary N) is 3. The molecule has 0 aromatic heterocycles. The molecule has 94 valence electrons. The smallest absolute Gasteiger partial charge is 0.221 e. The van der Waals surface area contributed by atoms with Crippen molar-refractivity contribution in [2.45, 2.75) is 45.2 Å². The van der Waals surface area contributed by atoms with Crippen LogP contribution < -0.4 is 22.5 Å². The first-order chi connectivity index (χ1) is 7.41. The van der Waals surface area contributed by atoms with E-state index in [-0.39, 0.29) is 24.0 Å². The van der Waals surface area contributed by atoms with Gasteiger partial charge in [-0.3, -0.25) is 9.79 Å². The Morgan fingerprint density at radius 1 is 1.38 bits per heavy atom. The number of hydrogen-bond donors (Lipinski definition) is 4. The first kappa shape index (κ1) is 14.7. The molecule has 1 amide bonds. The van der Waals surface area contributed by atoms with Crippen molar-refractivity contribution in [3.63, 3.8) is 0 Å². The number of rotatable bonds is 7. The molecule has 0 unspecified atom stereocenters. The lowest BCUT2D eigenvalue weighted by Gasteiger charge is -2.12. The maximum absolute atomic E-state index is 11.3. The van der Waals surface area contributed by atoms with Crippen molar-refractivity contribution in [3.05, 3.63) is 0 Å². The molecule has 6 nitrogen and oxygen atoms in total. The highest BCUT2D eigenvalue weighted by molar-refractivity contribution is 5.76. The van der Waals surface area contributed by atoms with Crippen LogP contribution in [0.15, 0.2) is 4.99 Å². The number of aliphatic imine (C=N–C) groups is 1. The summed E-state index contributed by atoms with van der Waals surface area (Å²) < 4.78 is 0. The van der Waals surface area contributed by atoms with Crippen LogP contribution in [0.3, 0.4) is 0 Å². The van der Waals surface area contributed by atoms with E-state index in [0.717, 1.165) is 12.8 Å². The molecule has 0 radical (unpaired) electrons. The number of nitrogens with one attached hydrogen (secondary N) is 1. The summed E-state index contributed by atoms with van der Waals surface area (Å²) in [5, 5.41) is 2.80. The first-order valence-electron chi connectivity index (χ1n) is 5.52. The van der Waals surface area contributed by atoms with E-state index in [4.69, 9.17) is 17.2 Å². The highest BCUT2D eigenvalue weighted by Gasteiger charge is 2.09. The average molecular weight is 229 g/mol. The van der Waals surface area contributed by atoms with Crippen LogP contribution in [0.1, 0.15) is 33.1 Å². The summed E-state index contributed by atoms with van der Waals surface area (Å²) in [5.41, 5.74) is 16.1. The van der Waals surface area contributed by atoms with Gasteiger partial charge in [-0.25, -0.2) is 0 Å². The van der Waals surface area contributed by atoms with Crippen LogP contribution in [0.4, 0.5) is 0 Å². The van der Waals surface area contributed by atoms with Gasteiger partial charge in [-0.05, 0) is 26.7 Å². The number of nitrogens with zero attached hydrogens (tertiary/aromatic N) is 1. The van der Waals surface area contributed by atoms with Gasteiger partial charge in [-0.1, -0.05) is 0 Å². The molecule has 0 aliphatic carbocycles. The lowest BCUT2D eigenvalue weighted by molar-refractivity contribution is -0.121. The Bertz CT molecular complexity index is 235. The largest absolute Gasteiger partial charge is 0.370 e. The molecule has 0 saturated heterocycles. The normalized spacial score (nSPS) is 12.2. The highest BCUT2D eigenvalue weighted by Crippen LogP contribution is 1.99. The summed E-state index contributed by atoms with van der Waals surface area (Å²) in [6, 6.07) is 0.0225. The Hall–Kier alpha value is -1.30. The van der Waals surface area contributed by atoms with Gasteiger partial charge in [0.15, 0.2) is 5.96 Å². The van der Waals surface area contributed by atoms with Crippen molar-refractivity contribution in [1.82, 2.24) is 5.32 Å². The van der Waals surface area contributed by atoms with E-state index in [1.165, 1.54) is 0 Å². The van der Waals surface area contributed by atoms with Gasteiger partial charge < -0.3 is 22.5 Å². The molecule has 0 heterocycles. The topological polar surface area (TPSA) is 120 Å². The molecule has 1 atom stereocenters. The number of guanidine groups is 1. The van der Waals surface area contributed by atoms with Crippen molar-refractivity contribution in [3.8, 4) is 0 Å². The summed E-state index contributed by atoms with van der Waals surface area (Å²) >= 11 is 0. The Labute approximate surface area is 96.7 Å². The summed E-state index contributed by atoms with van der Waals surface area (Å²) in [4.78, 5) is 15.2. The van der Waals surface area contributed by atoms with Crippen LogP contribution in [0.25, 0.3) is 0 Å². The second-order valence-electron chi connectivity index (χ2n) is 4.14. The van der Waals surface area contributed by atoms with Gasteiger partial charge in [0.2, 0.25) is 5.91 Å².